The van der Waals surface area contributed by atoms with Gasteiger partial charge in [-0.15, -0.1) is 11.3 Å². The van der Waals surface area contributed by atoms with Gasteiger partial charge in [-0.3, -0.25) is 9.97 Å². The molecule has 154 valence electrons. The van der Waals surface area contributed by atoms with Gasteiger partial charge in [-0.25, -0.2) is 0 Å². The van der Waals surface area contributed by atoms with Gasteiger partial charge in [0.25, 0.3) is 0 Å². The summed E-state index contributed by atoms with van der Waals surface area (Å²) < 4.78 is 2.63. The zero-order valence-corrected chi connectivity index (χ0v) is 18.5. The molecule has 4 aromatic carbocycles. The maximum Gasteiger partial charge on any atom is 0.0802 e. The SMILES string of the molecule is c1ccc(-c2cccc3c2sc2c(-c4ccnc5ccc6cccnc6c45)cccc23)cc1. The first-order valence-electron chi connectivity index (χ1n) is 11.0. The van der Waals surface area contributed by atoms with E-state index in [0.29, 0.717) is 0 Å². The Morgan fingerprint density at radius 2 is 1.30 bits per heavy atom. The van der Waals surface area contributed by atoms with Crippen LogP contribution in [0.5, 0.6) is 0 Å². The molecule has 0 aliphatic carbocycles. The van der Waals surface area contributed by atoms with E-state index in [-0.39, 0.29) is 0 Å². The maximum absolute atomic E-state index is 4.74. The van der Waals surface area contributed by atoms with Crippen LogP contribution in [0.3, 0.4) is 0 Å². The normalized spacial score (nSPS) is 11.6. The van der Waals surface area contributed by atoms with E-state index in [4.69, 9.17) is 4.98 Å². The number of pyridine rings is 2. The highest BCUT2D eigenvalue weighted by molar-refractivity contribution is 7.26. The summed E-state index contributed by atoms with van der Waals surface area (Å²) in [5.74, 6) is 0. The number of hydrogen-bond donors (Lipinski definition) is 0. The third kappa shape index (κ3) is 2.80. The molecule has 0 saturated heterocycles. The van der Waals surface area contributed by atoms with E-state index >= 15 is 0 Å². The molecule has 0 atom stereocenters. The van der Waals surface area contributed by atoms with Crippen LogP contribution in [-0.4, -0.2) is 9.97 Å². The summed E-state index contributed by atoms with van der Waals surface area (Å²) in [5.41, 5.74) is 6.93. The number of nitrogens with zero attached hydrogens (tertiary/aromatic N) is 2. The summed E-state index contributed by atoms with van der Waals surface area (Å²) >= 11 is 1.88. The van der Waals surface area contributed by atoms with Crippen molar-refractivity contribution in [1.82, 2.24) is 9.97 Å². The van der Waals surface area contributed by atoms with Crippen LogP contribution in [0.1, 0.15) is 0 Å². The second kappa shape index (κ2) is 7.22. The zero-order valence-electron chi connectivity index (χ0n) is 17.7. The molecular weight excluding hydrogens is 420 g/mol. The molecule has 0 aliphatic rings. The molecule has 0 amide bonds. The Hall–Kier alpha value is -4.08. The second-order valence-electron chi connectivity index (χ2n) is 8.23. The van der Waals surface area contributed by atoms with Crippen molar-refractivity contribution in [1.29, 1.82) is 0 Å². The molecule has 3 heteroatoms. The third-order valence-electron chi connectivity index (χ3n) is 6.38. The Labute approximate surface area is 194 Å². The average Bonchev–Trinajstić information content (AvgIpc) is 3.28. The quantitative estimate of drug-likeness (QED) is 0.253. The summed E-state index contributed by atoms with van der Waals surface area (Å²) in [4.78, 5) is 9.39. The average molecular weight is 439 g/mol. The van der Waals surface area contributed by atoms with Crippen LogP contribution in [-0.2, 0) is 0 Å². The highest BCUT2D eigenvalue weighted by atomic mass is 32.1. The van der Waals surface area contributed by atoms with Crippen LogP contribution in [0.15, 0.2) is 109 Å². The molecule has 0 N–H and O–H groups in total. The molecule has 0 unspecified atom stereocenters. The number of aromatic nitrogens is 2. The van der Waals surface area contributed by atoms with Gasteiger partial charge in [0.2, 0.25) is 0 Å². The van der Waals surface area contributed by atoms with Crippen molar-refractivity contribution < 1.29 is 0 Å². The number of thiophene rings is 1. The topological polar surface area (TPSA) is 25.8 Å². The Bertz CT molecular complexity index is 1820. The van der Waals surface area contributed by atoms with Gasteiger partial charge in [-0.1, -0.05) is 78.9 Å². The van der Waals surface area contributed by atoms with Crippen molar-refractivity contribution in [2.45, 2.75) is 0 Å². The van der Waals surface area contributed by atoms with Gasteiger partial charge in [-0.05, 0) is 34.9 Å². The number of fused-ring (bicyclic) bond motifs is 6. The zero-order chi connectivity index (χ0) is 21.8. The second-order valence-corrected chi connectivity index (χ2v) is 9.25. The van der Waals surface area contributed by atoms with Crippen LogP contribution in [0.2, 0.25) is 0 Å². The van der Waals surface area contributed by atoms with Crippen molar-refractivity contribution in [3.8, 4) is 22.3 Å². The van der Waals surface area contributed by atoms with E-state index in [9.17, 15) is 0 Å². The molecule has 0 bridgehead atoms. The maximum atomic E-state index is 4.74. The van der Waals surface area contributed by atoms with Crippen LogP contribution < -0.4 is 0 Å². The minimum Gasteiger partial charge on any atom is -0.256 e. The fourth-order valence-corrected chi connectivity index (χ4v) is 6.25. The fourth-order valence-electron chi connectivity index (χ4n) is 4.88. The largest absolute Gasteiger partial charge is 0.256 e. The van der Waals surface area contributed by atoms with Crippen LogP contribution in [0.25, 0.3) is 64.2 Å². The van der Waals surface area contributed by atoms with Crippen molar-refractivity contribution in [3.63, 3.8) is 0 Å². The van der Waals surface area contributed by atoms with Gasteiger partial charge in [0.05, 0.1) is 11.0 Å². The highest BCUT2D eigenvalue weighted by Gasteiger charge is 2.16. The van der Waals surface area contributed by atoms with Crippen molar-refractivity contribution in [3.05, 3.63) is 109 Å². The molecule has 7 aromatic rings. The van der Waals surface area contributed by atoms with Crippen molar-refractivity contribution >= 4 is 53.3 Å². The number of hydrogen-bond acceptors (Lipinski definition) is 3. The van der Waals surface area contributed by atoms with Crippen LogP contribution in [0.4, 0.5) is 0 Å². The lowest BCUT2D eigenvalue weighted by Gasteiger charge is -2.10. The van der Waals surface area contributed by atoms with E-state index in [2.05, 4.69) is 96.0 Å². The van der Waals surface area contributed by atoms with Crippen molar-refractivity contribution in [2.24, 2.45) is 0 Å². The molecule has 3 aromatic heterocycles. The lowest BCUT2D eigenvalue weighted by atomic mass is 9.97. The van der Waals surface area contributed by atoms with E-state index in [0.717, 1.165) is 21.8 Å². The predicted octanol–water partition coefficient (Wildman–Crippen LogP) is 8.48. The highest BCUT2D eigenvalue weighted by Crippen LogP contribution is 2.45. The molecule has 0 fully saturated rings. The number of benzene rings is 4. The van der Waals surface area contributed by atoms with Gasteiger partial charge in [0.1, 0.15) is 0 Å². The monoisotopic (exact) mass is 438 g/mol. The van der Waals surface area contributed by atoms with E-state index in [1.54, 1.807) is 0 Å². The Morgan fingerprint density at radius 1 is 0.515 bits per heavy atom. The Morgan fingerprint density at radius 3 is 2.15 bits per heavy atom. The smallest absolute Gasteiger partial charge is 0.0802 e. The van der Waals surface area contributed by atoms with E-state index in [1.165, 1.54) is 42.4 Å². The minimum atomic E-state index is 0.974. The first-order chi connectivity index (χ1) is 16.4. The summed E-state index contributed by atoms with van der Waals surface area (Å²) in [6, 6.07) is 34.4. The molecule has 7 rings (SSSR count). The summed E-state index contributed by atoms with van der Waals surface area (Å²) in [5, 5.41) is 4.85. The van der Waals surface area contributed by atoms with Gasteiger partial charge < -0.3 is 0 Å². The van der Waals surface area contributed by atoms with Crippen LogP contribution in [0, 0.1) is 0 Å². The third-order valence-corrected chi connectivity index (χ3v) is 7.66. The fraction of sp³-hybridized carbons (Fsp3) is 0. The van der Waals surface area contributed by atoms with Gasteiger partial charge in [-0.2, -0.15) is 0 Å². The Kier molecular flexibility index (Phi) is 4.05. The summed E-state index contributed by atoms with van der Waals surface area (Å²) in [6.45, 7) is 0. The van der Waals surface area contributed by atoms with E-state index < -0.39 is 0 Å². The molecule has 0 radical (unpaired) electrons. The lowest BCUT2D eigenvalue weighted by Crippen LogP contribution is -1.88. The molecule has 3 heterocycles. The minimum absolute atomic E-state index is 0.974. The standard InChI is InChI=1S/C30H18N2S/c1-2-7-19(8-3-1)21-10-4-12-24-25-13-5-11-23(30(25)33-29(21)24)22-16-18-31-26-15-14-20-9-6-17-32-28(20)27(22)26/h1-18H. The predicted molar refractivity (Wildman–Crippen MR) is 141 cm³/mol. The lowest BCUT2D eigenvalue weighted by molar-refractivity contribution is 1.39. The number of rotatable bonds is 2. The van der Waals surface area contributed by atoms with E-state index in [1.807, 2.05) is 29.8 Å². The van der Waals surface area contributed by atoms with Crippen molar-refractivity contribution in [2.75, 3.05) is 0 Å². The Balaban J connectivity index is 1.59. The van der Waals surface area contributed by atoms with Gasteiger partial charge in [0, 0.05) is 48.9 Å². The molecule has 2 nitrogen and oxygen atoms in total. The van der Waals surface area contributed by atoms with Crippen LogP contribution >= 0.6 is 11.3 Å². The summed E-state index contributed by atoms with van der Waals surface area (Å²) in [6.07, 6.45) is 3.78. The molecule has 33 heavy (non-hydrogen) atoms. The molecule has 0 saturated carbocycles. The molecular formula is C30H18N2S. The van der Waals surface area contributed by atoms with Gasteiger partial charge >= 0.3 is 0 Å². The first-order valence-corrected chi connectivity index (χ1v) is 11.8. The summed E-state index contributed by atoms with van der Waals surface area (Å²) in [7, 11) is 0. The first kappa shape index (κ1) is 18.5. The molecule has 0 aliphatic heterocycles. The van der Waals surface area contributed by atoms with Gasteiger partial charge in [0.15, 0.2) is 0 Å². The molecule has 0 spiro atoms.